The largest absolute Gasteiger partial charge is 0.450 e. The highest BCUT2D eigenvalue weighted by molar-refractivity contribution is 6.35. The Morgan fingerprint density at radius 2 is 1.94 bits per heavy atom. The molecule has 0 atom stereocenters. The molecule has 1 aromatic heterocycles. The molecule has 1 aromatic carbocycles. The quantitative estimate of drug-likeness (QED) is 0.692. The number of rotatable bonds is 3. The number of urea groups is 1. The van der Waals surface area contributed by atoms with E-state index in [2.05, 4.69) is 29.6 Å². The molecule has 2 aromatic rings. The molecule has 1 saturated heterocycles. The normalized spacial score (nSPS) is 21.0. The number of fused-ring (bicyclic) bond motifs is 4. The van der Waals surface area contributed by atoms with Crippen molar-refractivity contribution < 1.29 is 14.0 Å². The lowest BCUT2D eigenvalue weighted by Gasteiger charge is -2.42. The van der Waals surface area contributed by atoms with E-state index >= 15 is 0 Å². The van der Waals surface area contributed by atoms with Gasteiger partial charge in [-0.15, -0.1) is 0 Å². The van der Waals surface area contributed by atoms with Crippen molar-refractivity contribution in [1.29, 1.82) is 0 Å². The zero-order valence-corrected chi connectivity index (χ0v) is 19.6. The minimum absolute atomic E-state index is 0.0696. The van der Waals surface area contributed by atoms with Crippen molar-refractivity contribution in [1.82, 2.24) is 15.1 Å². The number of likely N-dealkylation sites (tertiary alicyclic amines) is 1. The Morgan fingerprint density at radius 3 is 2.62 bits per heavy atom. The molecule has 3 heterocycles. The molecule has 1 spiro atoms. The maximum absolute atomic E-state index is 13.3. The van der Waals surface area contributed by atoms with E-state index in [0.717, 1.165) is 75.5 Å². The molecule has 0 bridgehead atoms. The Hall–Kier alpha value is -2.25. The number of nitrogens with one attached hydrogen (secondary N) is 2. The molecule has 1 aliphatic carbocycles. The number of amides is 3. The highest BCUT2D eigenvalue weighted by Crippen LogP contribution is 2.49. The van der Waals surface area contributed by atoms with Crippen molar-refractivity contribution in [3.8, 4) is 0 Å². The fourth-order valence-electron chi connectivity index (χ4n) is 5.78. The minimum atomic E-state index is -0.498. The van der Waals surface area contributed by atoms with Gasteiger partial charge < -0.3 is 24.9 Å². The third kappa shape index (κ3) is 3.75. The molecule has 0 radical (unpaired) electrons. The summed E-state index contributed by atoms with van der Waals surface area (Å²) in [6, 6.07) is 3.37. The molecule has 2 aliphatic heterocycles. The lowest BCUT2D eigenvalue weighted by molar-refractivity contribution is 0.0648. The molecule has 3 aliphatic rings. The molecular weight excluding hydrogens is 428 g/mol. The summed E-state index contributed by atoms with van der Waals surface area (Å²) < 4.78 is 6.24. The molecule has 1 saturated carbocycles. The Morgan fingerprint density at radius 1 is 1.22 bits per heavy atom. The van der Waals surface area contributed by atoms with Crippen LogP contribution in [0.5, 0.6) is 0 Å². The van der Waals surface area contributed by atoms with Crippen LogP contribution in [0, 0.1) is 5.92 Å². The molecule has 8 heteroatoms. The number of hydrogen-bond donors (Lipinski definition) is 2. The molecule has 0 unspecified atom stereocenters. The van der Waals surface area contributed by atoms with Crippen LogP contribution >= 0.6 is 11.6 Å². The maximum atomic E-state index is 13.3. The van der Waals surface area contributed by atoms with Crippen LogP contribution in [0.25, 0.3) is 11.0 Å². The van der Waals surface area contributed by atoms with Crippen LogP contribution in [-0.2, 0) is 5.54 Å². The van der Waals surface area contributed by atoms with Gasteiger partial charge in [0.15, 0.2) is 5.76 Å². The van der Waals surface area contributed by atoms with Crippen molar-refractivity contribution >= 4 is 40.2 Å². The van der Waals surface area contributed by atoms with E-state index in [1.807, 2.05) is 11.0 Å². The summed E-state index contributed by atoms with van der Waals surface area (Å²) in [6.07, 6.45) is 6.90. The summed E-state index contributed by atoms with van der Waals surface area (Å²) in [5, 5.41) is 7.33. The molecule has 2 fully saturated rings. The molecular formula is C24H31ClN4O3. The van der Waals surface area contributed by atoms with Crippen LogP contribution < -0.4 is 10.6 Å². The molecule has 32 heavy (non-hydrogen) atoms. The number of halogens is 1. The summed E-state index contributed by atoms with van der Waals surface area (Å²) in [4.78, 5) is 29.8. The summed E-state index contributed by atoms with van der Waals surface area (Å²) in [6.45, 7) is 2.54. The zero-order valence-electron chi connectivity index (χ0n) is 18.8. The predicted octanol–water partition coefficient (Wildman–Crippen LogP) is 4.79. The lowest BCUT2D eigenvalue weighted by atomic mass is 9.74. The Kier molecular flexibility index (Phi) is 5.58. The number of nitrogens with zero attached hydrogens (tertiary/aromatic N) is 2. The first-order valence-corrected chi connectivity index (χ1v) is 12.0. The van der Waals surface area contributed by atoms with Crippen LogP contribution in [0.1, 0.15) is 61.1 Å². The summed E-state index contributed by atoms with van der Waals surface area (Å²) >= 11 is 6.60. The van der Waals surface area contributed by atoms with E-state index in [0.29, 0.717) is 28.0 Å². The van der Waals surface area contributed by atoms with Gasteiger partial charge in [0.1, 0.15) is 5.58 Å². The van der Waals surface area contributed by atoms with Gasteiger partial charge in [0.25, 0.3) is 5.91 Å². The fourth-order valence-corrected chi connectivity index (χ4v) is 6.04. The number of anilines is 1. The van der Waals surface area contributed by atoms with Gasteiger partial charge in [0, 0.05) is 30.6 Å². The van der Waals surface area contributed by atoms with Gasteiger partial charge in [0.05, 0.1) is 16.2 Å². The summed E-state index contributed by atoms with van der Waals surface area (Å²) in [5.41, 5.74) is 1.66. The number of carbonyl (C=O) groups is 2. The monoisotopic (exact) mass is 458 g/mol. The minimum Gasteiger partial charge on any atom is -0.450 e. The van der Waals surface area contributed by atoms with E-state index < -0.39 is 5.54 Å². The van der Waals surface area contributed by atoms with Gasteiger partial charge in [-0.05, 0) is 57.8 Å². The number of hydrogen-bond acceptors (Lipinski definition) is 4. The van der Waals surface area contributed by atoms with Crippen molar-refractivity contribution in [3.05, 3.63) is 28.5 Å². The number of furan rings is 1. The molecule has 5 rings (SSSR count). The Bertz CT molecular complexity index is 1050. The molecule has 7 nitrogen and oxygen atoms in total. The zero-order chi connectivity index (χ0) is 22.5. The molecule has 172 valence electrons. The Balaban J connectivity index is 1.48. The maximum Gasteiger partial charge on any atom is 0.319 e. The van der Waals surface area contributed by atoms with Crippen molar-refractivity contribution in [2.24, 2.45) is 5.92 Å². The number of carbonyl (C=O) groups excluding carboxylic acids is 2. The fraction of sp³-hybridized carbons (Fsp3) is 0.583. The average molecular weight is 459 g/mol. The smallest absolute Gasteiger partial charge is 0.319 e. The van der Waals surface area contributed by atoms with Crippen molar-refractivity contribution in [2.75, 3.05) is 39.0 Å². The average Bonchev–Trinajstić information content (AvgIpc) is 3.17. The molecule has 2 N–H and O–H groups in total. The second kappa shape index (κ2) is 8.27. The van der Waals surface area contributed by atoms with Crippen molar-refractivity contribution in [3.63, 3.8) is 0 Å². The second-order valence-electron chi connectivity index (χ2n) is 9.86. The molecule has 3 amide bonds. The topological polar surface area (TPSA) is 77.8 Å². The predicted molar refractivity (Wildman–Crippen MR) is 125 cm³/mol. The van der Waals surface area contributed by atoms with Crippen molar-refractivity contribution in [2.45, 2.75) is 50.5 Å². The van der Waals surface area contributed by atoms with Gasteiger partial charge in [-0.2, -0.15) is 0 Å². The first kappa shape index (κ1) is 21.6. The highest BCUT2D eigenvalue weighted by Gasteiger charge is 2.44. The highest BCUT2D eigenvalue weighted by atomic mass is 35.5. The van der Waals surface area contributed by atoms with Crippen LogP contribution in [0.2, 0.25) is 5.02 Å². The third-order valence-electron chi connectivity index (χ3n) is 7.27. The lowest BCUT2D eigenvalue weighted by Crippen LogP contribution is -2.52. The third-order valence-corrected chi connectivity index (χ3v) is 7.57. The van der Waals surface area contributed by atoms with E-state index in [1.165, 1.54) is 0 Å². The van der Waals surface area contributed by atoms with E-state index in [9.17, 15) is 9.59 Å². The first-order chi connectivity index (χ1) is 15.4. The first-order valence-electron chi connectivity index (χ1n) is 11.7. The SMILES string of the molecule is CN(C)CC1CCN(C(=O)c2cc3cc(Cl)c4c(c3o2)C2(CCCCC2)NC(=O)N4)CC1. The van der Waals surface area contributed by atoms with Gasteiger partial charge in [-0.3, -0.25) is 4.79 Å². The van der Waals surface area contributed by atoms with Crippen LogP contribution in [0.15, 0.2) is 16.5 Å². The van der Waals surface area contributed by atoms with Gasteiger partial charge >= 0.3 is 6.03 Å². The van der Waals surface area contributed by atoms with Gasteiger partial charge in [-0.1, -0.05) is 30.9 Å². The number of benzene rings is 1. The second-order valence-corrected chi connectivity index (χ2v) is 10.3. The van der Waals surface area contributed by atoms with E-state index in [4.69, 9.17) is 16.0 Å². The van der Waals surface area contributed by atoms with Gasteiger partial charge in [0.2, 0.25) is 0 Å². The van der Waals surface area contributed by atoms with Crippen LogP contribution in [-0.4, -0.2) is 55.5 Å². The Labute approximate surface area is 193 Å². The number of piperidine rings is 1. The summed E-state index contributed by atoms with van der Waals surface area (Å²) in [5.74, 6) is 0.898. The van der Waals surface area contributed by atoms with Crippen LogP contribution in [0.4, 0.5) is 10.5 Å². The van der Waals surface area contributed by atoms with E-state index in [1.54, 1.807) is 6.07 Å². The standard InChI is InChI=1S/C24H31ClN4O3/c1-28(2)14-15-6-10-29(11-7-15)22(30)18-13-16-12-17(25)20-19(21(16)32-18)24(27-23(31)26-20)8-4-3-5-9-24/h12-13,15H,3-11,14H2,1-2H3,(H2,26,27,31). The van der Waals surface area contributed by atoms with E-state index in [-0.39, 0.29) is 11.9 Å². The van der Waals surface area contributed by atoms with Crippen LogP contribution in [0.3, 0.4) is 0 Å². The van der Waals surface area contributed by atoms with Gasteiger partial charge in [-0.25, -0.2) is 4.79 Å². The summed E-state index contributed by atoms with van der Waals surface area (Å²) in [7, 11) is 4.18.